The Morgan fingerprint density at radius 3 is 2.45 bits per heavy atom. The molecule has 2 aromatic carbocycles. The molecule has 0 aliphatic carbocycles. The van der Waals surface area contributed by atoms with Crippen molar-refractivity contribution in [3.8, 4) is 12.1 Å². The number of hydrogen-bond acceptors (Lipinski definition) is 5. The third-order valence-electron chi connectivity index (χ3n) is 6.18. The molecule has 0 spiro atoms. The van der Waals surface area contributed by atoms with Crippen LogP contribution in [0, 0.1) is 28.1 Å². The van der Waals surface area contributed by atoms with Gasteiger partial charge in [-0.3, -0.25) is 4.79 Å². The van der Waals surface area contributed by atoms with Crippen molar-refractivity contribution in [2.75, 3.05) is 4.90 Å². The third kappa shape index (κ3) is 2.82. The Morgan fingerprint density at radius 1 is 1.03 bits per heavy atom. The molecule has 0 saturated carbocycles. The van der Waals surface area contributed by atoms with Gasteiger partial charge in [-0.25, -0.2) is 0 Å². The van der Waals surface area contributed by atoms with E-state index in [0.717, 1.165) is 16.8 Å². The van der Waals surface area contributed by atoms with Gasteiger partial charge in [0.2, 0.25) is 0 Å². The first-order valence-corrected chi connectivity index (χ1v) is 11.1. The summed E-state index contributed by atoms with van der Waals surface area (Å²) in [5.74, 6) is -0.729. The number of para-hydroxylation sites is 1. The van der Waals surface area contributed by atoms with Crippen LogP contribution in [0.4, 0.5) is 5.69 Å². The van der Waals surface area contributed by atoms with E-state index in [1.165, 1.54) is 11.3 Å². The summed E-state index contributed by atoms with van der Waals surface area (Å²) in [6.07, 6.45) is 3.83. The number of Topliss-reactive ketones (excluding diaryl/α,β-unsaturated/α-hetero) is 1. The maximum absolute atomic E-state index is 13.8. The maximum Gasteiger partial charge on any atom is 0.195 e. The van der Waals surface area contributed by atoms with Crippen molar-refractivity contribution in [2.24, 2.45) is 5.41 Å². The van der Waals surface area contributed by atoms with Gasteiger partial charge in [-0.05, 0) is 40.8 Å². The fourth-order valence-corrected chi connectivity index (χ4v) is 5.67. The van der Waals surface area contributed by atoms with E-state index in [1.807, 2.05) is 64.9 Å². The van der Waals surface area contributed by atoms with Crippen LogP contribution in [-0.4, -0.2) is 17.9 Å². The van der Waals surface area contributed by atoms with Crippen LogP contribution in [0.5, 0.6) is 0 Å². The van der Waals surface area contributed by atoms with Crippen molar-refractivity contribution < 1.29 is 4.79 Å². The molecule has 1 saturated heterocycles. The molecule has 0 bridgehead atoms. The molecule has 150 valence electrons. The zero-order valence-electron chi connectivity index (χ0n) is 16.3. The zero-order chi connectivity index (χ0) is 21.6. The van der Waals surface area contributed by atoms with Crippen LogP contribution >= 0.6 is 22.9 Å². The van der Waals surface area contributed by atoms with Gasteiger partial charge in [-0.2, -0.15) is 10.5 Å². The van der Waals surface area contributed by atoms with Gasteiger partial charge in [0.25, 0.3) is 0 Å². The average molecular weight is 442 g/mol. The Hall–Kier alpha value is -3.38. The second-order valence-corrected chi connectivity index (χ2v) is 9.06. The molecule has 6 heteroatoms. The molecule has 0 radical (unpaired) electrons. The smallest absolute Gasteiger partial charge is 0.195 e. The molecule has 0 N–H and O–H groups in total. The van der Waals surface area contributed by atoms with Crippen molar-refractivity contribution in [3.05, 3.63) is 93.1 Å². The minimum absolute atomic E-state index is 0.0857. The van der Waals surface area contributed by atoms with Crippen LogP contribution in [0.3, 0.4) is 0 Å². The Balaban J connectivity index is 1.79. The van der Waals surface area contributed by atoms with Crippen LogP contribution in [0.2, 0.25) is 5.02 Å². The van der Waals surface area contributed by atoms with Gasteiger partial charge in [-0.15, -0.1) is 11.3 Å². The number of anilines is 1. The quantitative estimate of drug-likeness (QED) is 0.490. The van der Waals surface area contributed by atoms with E-state index in [0.29, 0.717) is 9.90 Å². The minimum atomic E-state index is -1.44. The zero-order valence-corrected chi connectivity index (χ0v) is 17.8. The van der Waals surface area contributed by atoms with E-state index in [4.69, 9.17) is 11.6 Å². The molecule has 31 heavy (non-hydrogen) atoms. The molecule has 0 amide bonds. The molecule has 3 atom stereocenters. The summed E-state index contributed by atoms with van der Waals surface area (Å²) in [7, 11) is 0. The second-order valence-electron chi connectivity index (χ2n) is 7.68. The highest BCUT2D eigenvalue weighted by atomic mass is 35.5. The summed E-state index contributed by atoms with van der Waals surface area (Å²) in [4.78, 5) is 16.4. The summed E-state index contributed by atoms with van der Waals surface area (Å²) in [5.41, 5.74) is 1.14. The van der Waals surface area contributed by atoms with E-state index in [2.05, 4.69) is 12.1 Å². The van der Waals surface area contributed by atoms with Gasteiger partial charge < -0.3 is 4.90 Å². The monoisotopic (exact) mass is 441 g/mol. The molecule has 3 aromatic rings. The number of rotatable bonds is 3. The lowest BCUT2D eigenvalue weighted by molar-refractivity contribution is 0.0955. The highest BCUT2D eigenvalue weighted by Crippen LogP contribution is 2.55. The molecular weight excluding hydrogens is 426 g/mol. The molecule has 5 rings (SSSR count). The lowest BCUT2D eigenvalue weighted by Crippen LogP contribution is -2.44. The second kappa shape index (κ2) is 7.39. The molecule has 3 heterocycles. The number of hydrogen-bond donors (Lipinski definition) is 0. The van der Waals surface area contributed by atoms with Crippen molar-refractivity contribution in [1.29, 1.82) is 10.5 Å². The number of halogens is 1. The molecule has 2 aliphatic heterocycles. The number of ketones is 1. The largest absolute Gasteiger partial charge is 0.351 e. The fraction of sp³-hybridized carbons (Fsp3) is 0.160. The normalized spacial score (nSPS) is 22.8. The number of carbonyl (C=O) groups excluding carboxylic acids is 1. The van der Waals surface area contributed by atoms with Crippen molar-refractivity contribution >= 4 is 40.5 Å². The molecule has 1 aromatic heterocycles. The summed E-state index contributed by atoms with van der Waals surface area (Å²) < 4.78 is 0. The Bertz CT molecular complexity index is 1250. The van der Waals surface area contributed by atoms with Crippen LogP contribution in [0.15, 0.2) is 72.1 Å². The van der Waals surface area contributed by atoms with Crippen molar-refractivity contribution in [2.45, 2.75) is 18.0 Å². The average Bonchev–Trinajstić information content (AvgIpc) is 3.44. The van der Waals surface area contributed by atoms with Gasteiger partial charge in [0.15, 0.2) is 11.2 Å². The van der Waals surface area contributed by atoms with Crippen LogP contribution in [-0.2, 0) is 0 Å². The van der Waals surface area contributed by atoms with Crippen molar-refractivity contribution in [1.82, 2.24) is 0 Å². The number of nitriles is 2. The summed E-state index contributed by atoms with van der Waals surface area (Å²) in [5, 5.41) is 23.1. The van der Waals surface area contributed by atoms with Gasteiger partial charge in [0.1, 0.15) is 6.04 Å². The van der Waals surface area contributed by atoms with Crippen molar-refractivity contribution in [3.63, 3.8) is 0 Å². The maximum atomic E-state index is 13.8. The van der Waals surface area contributed by atoms with E-state index in [9.17, 15) is 15.3 Å². The first-order chi connectivity index (χ1) is 15.1. The van der Waals surface area contributed by atoms with E-state index in [-0.39, 0.29) is 5.78 Å². The number of thiophene rings is 1. The minimum Gasteiger partial charge on any atom is -0.351 e. The van der Waals surface area contributed by atoms with Gasteiger partial charge in [-0.1, -0.05) is 60.2 Å². The summed E-state index contributed by atoms with van der Waals surface area (Å²) in [6, 6.07) is 21.9. The van der Waals surface area contributed by atoms with Crippen LogP contribution < -0.4 is 4.90 Å². The molecular formula is C25H16ClN3OS. The summed E-state index contributed by atoms with van der Waals surface area (Å²) >= 11 is 7.48. The standard InChI is InChI=1S/C25H16ClN3OS/c26-18-10-7-17(8-11-18)22-23(24(30)20-6-3-13-31-20)29-19-5-2-1-4-16(19)9-12-21(29)25(22,14-27)15-28/h1-13,21-23H/t21-,22+,23+/m0/s1. The Labute approximate surface area is 189 Å². The Morgan fingerprint density at radius 2 is 1.77 bits per heavy atom. The predicted molar refractivity (Wildman–Crippen MR) is 122 cm³/mol. The van der Waals surface area contributed by atoms with Gasteiger partial charge in [0.05, 0.1) is 23.1 Å². The topological polar surface area (TPSA) is 67.9 Å². The third-order valence-corrected chi connectivity index (χ3v) is 7.31. The van der Waals surface area contributed by atoms with Crippen LogP contribution in [0.25, 0.3) is 6.08 Å². The summed E-state index contributed by atoms with van der Waals surface area (Å²) in [6.45, 7) is 0. The SMILES string of the molecule is N#CC1(C#N)[C@H](c2ccc(Cl)cc2)[C@H](C(=O)c2cccs2)N2c3ccccc3C=C[C@H]21. The molecule has 2 aliphatic rings. The number of nitrogens with zero attached hydrogens (tertiary/aromatic N) is 3. The Kier molecular flexibility index (Phi) is 4.67. The molecule has 4 nitrogen and oxygen atoms in total. The molecule has 0 unspecified atom stereocenters. The number of fused-ring (bicyclic) bond motifs is 3. The first-order valence-electron chi connectivity index (χ1n) is 9.82. The predicted octanol–water partition coefficient (Wildman–Crippen LogP) is 5.69. The fourth-order valence-electron chi connectivity index (χ4n) is 4.84. The van der Waals surface area contributed by atoms with Crippen LogP contribution in [0.1, 0.15) is 26.7 Å². The van der Waals surface area contributed by atoms with Gasteiger partial charge in [0, 0.05) is 16.6 Å². The molecule has 1 fully saturated rings. The first kappa shape index (κ1) is 19.6. The highest BCUT2D eigenvalue weighted by Gasteiger charge is 2.63. The lowest BCUT2D eigenvalue weighted by Gasteiger charge is -2.35. The van der Waals surface area contributed by atoms with Gasteiger partial charge >= 0.3 is 0 Å². The highest BCUT2D eigenvalue weighted by molar-refractivity contribution is 7.12. The van der Waals surface area contributed by atoms with E-state index in [1.54, 1.807) is 18.2 Å². The van der Waals surface area contributed by atoms with E-state index >= 15 is 0 Å². The van der Waals surface area contributed by atoms with E-state index < -0.39 is 23.4 Å². The number of benzene rings is 2. The number of carbonyl (C=O) groups is 1. The lowest BCUT2D eigenvalue weighted by atomic mass is 9.69.